The van der Waals surface area contributed by atoms with Crippen LogP contribution < -0.4 is 0 Å². The maximum absolute atomic E-state index is 11.5. The predicted molar refractivity (Wildman–Crippen MR) is 137 cm³/mol. The summed E-state index contributed by atoms with van der Waals surface area (Å²) in [5.41, 5.74) is 4.18. The Balaban J connectivity index is 1.21. The lowest BCUT2D eigenvalue weighted by Gasteiger charge is -2.59. The number of nitrogens with zero attached hydrogens (tertiary/aromatic N) is 3. The zero-order valence-corrected chi connectivity index (χ0v) is 21.3. The quantitative estimate of drug-likeness (QED) is 0.631. The van der Waals surface area contributed by atoms with Gasteiger partial charge >= 0.3 is 0 Å². The number of aliphatic hydroxyl groups is 2. The molecule has 0 radical (unpaired) electrons. The largest absolute Gasteiger partial charge is 0.390 e. The third-order valence-electron chi connectivity index (χ3n) is 11.5. The molecule has 3 heterocycles. The molecule has 9 atom stereocenters. The average Bonchev–Trinajstić information content (AvgIpc) is 3.40. The summed E-state index contributed by atoms with van der Waals surface area (Å²) < 4.78 is 7.44. The van der Waals surface area contributed by atoms with E-state index in [1.807, 2.05) is 20.3 Å². The summed E-state index contributed by atoms with van der Waals surface area (Å²) in [6, 6.07) is 6.50. The number of fused-ring (bicyclic) bond motifs is 3. The van der Waals surface area contributed by atoms with Gasteiger partial charge in [-0.25, -0.2) is 9.97 Å². The highest BCUT2D eigenvalue weighted by Crippen LogP contribution is 2.81. The Kier molecular flexibility index (Phi) is 4.05. The van der Waals surface area contributed by atoms with E-state index >= 15 is 0 Å². The fraction of sp³-hybridized carbons (Fsp3) is 0.600. The molecule has 2 saturated carbocycles. The van der Waals surface area contributed by atoms with Gasteiger partial charge in [-0.3, -0.25) is 0 Å². The predicted octanol–water partition coefficient (Wildman–Crippen LogP) is 3.73. The van der Waals surface area contributed by atoms with E-state index in [2.05, 4.69) is 52.1 Å². The third-order valence-corrected chi connectivity index (χ3v) is 11.5. The minimum Gasteiger partial charge on any atom is -0.390 e. The van der Waals surface area contributed by atoms with Crippen LogP contribution >= 0.6 is 0 Å². The number of likely N-dealkylation sites (N-methyl/N-ethyl adjacent to an activating group) is 1. The van der Waals surface area contributed by atoms with Gasteiger partial charge in [0.2, 0.25) is 0 Å². The number of aromatic nitrogens is 2. The van der Waals surface area contributed by atoms with Gasteiger partial charge in [-0.2, -0.15) is 0 Å². The Morgan fingerprint density at radius 3 is 2.81 bits per heavy atom. The lowest BCUT2D eigenvalue weighted by atomic mass is 9.57. The minimum atomic E-state index is -0.731. The second kappa shape index (κ2) is 6.65. The number of aliphatic hydroxyl groups excluding tert-OH is 2. The molecular formula is C30H35N3O3. The number of hydrogen-bond donors (Lipinski definition) is 2. The number of benzene rings is 1. The van der Waals surface area contributed by atoms with Crippen molar-refractivity contribution in [2.75, 3.05) is 14.1 Å². The lowest BCUT2D eigenvalue weighted by molar-refractivity contribution is -0.248. The van der Waals surface area contributed by atoms with Crippen LogP contribution in [0.2, 0.25) is 0 Å². The summed E-state index contributed by atoms with van der Waals surface area (Å²) in [5.74, 6) is 0.730. The van der Waals surface area contributed by atoms with Crippen LogP contribution in [0.5, 0.6) is 0 Å². The summed E-state index contributed by atoms with van der Waals surface area (Å²) in [6.07, 6.45) is 12.7. The smallest absolute Gasteiger partial charge is 0.116 e. The zero-order valence-electron chi connectivity index (χ0n) is 21.3. The van der Waals surface area contributed by atoms with Crippen LogP contribution in [0, 0.1) is 22.7 Å². The molecule has 2 bridgehead atoms. The first-order chi connectivity index (χ1) is 17.3. The SMILES string of the molecule is CN(C)[C@H]1C[C@@]23CC[C@@]4(O2)C(=CC[C@]2(C)C(c5ccc6cncnc6c5)=CCC24)C2CC23[C@@H](O)[C@@H]1O. The van der Waals surface area contributed by atoms with Gasteiger partial charge in [0.05, 0.1) is 28.9 Å². The summed E-state index contributed by atoms with van der Waals surface area (Å²) in [7, 11) is 4.02. The molecule has 1 aromatic carbocycles. The van der Waals surface area contributed by atoms with Crippen molar-refractivity contribution in [1.29, 1.82) is 0 Å². The monoisotopic (exact) mass is 485 g/mol. The van der Waals surface area contributed by atoms with Crippen molar-refractivity contribution in [1.82, 2.24) is 14.9 Å². The Morgan fingerprint density at radius 2 is 1.97 bits per heavy atom. The van der Waals surface area contributed by atoms with Crippen LogP contribution in [0.3, 0.4) is 0 Å². The topological polar surface area (TPSA) is 78.7 Å². The van der Waals surface area contributed by atoms with Gasteiger partial charge in [0.15, 0.2) is 0 Å². The van der Waals surface area contributed by atoms with Crippen LogP contribution in [-0.2, 0) is 4.74 Å². The van der Waals surface area contributed by atoms with Crippen molar-refractivity contribution in [2.24, 2.45) is 22.7 Å². The summed E-state index contributed by atoms with van der Waals surface area (Å²) in [5, 5.41) is 23.7. The van der Waals surface area contributed by atoms with Crippen LogP contribution in [0.15, 0.2) is 48.4 Å². The van der Waals surface area contributed by atoms with Crippen molar-refractivity contribution >= 4 is 16.5 Å². The second-order valence-corrected chi connectivity index (χ2v) is 12.9. The van der Waals surface area contributed by atoms with E-state index in [1.165, 1.54) is 16.7 Å². The lowest BCUT2D eigenvalue weighted by Crippen LogP contribution is -2.67. The molecule has 36 heavy (non-hydrogen) atoms. The van der Waals surface area contributed by atoms with E-state index in [0.717, 1.165) is 49.4 Å². The van der Waals surface area contributed by atoms with Crippen molar-refractivity contribution in [3.63, 3.8) is 0 Å². The second-order valence-electron chi connectivity index (χ2n) is 12.9. The van der Waals surface area contributed by atoms with Crippen molar-refractivity contribution in [3.8, 4) is 0 Å². The summed E-state index contributed by atoms with van der Waals surface area (Å²) in [6.45, 7) is 2.44. The molecule has 6 aliphatic rings. The molecule has 2 N–H and O–H groups in total. The van der Waals surface area contributed by atoms with Crippen LogP contribution in [0.4, 0.5) is 0 Å². The van der Waals surface area contributed by atoms with Crippen LogP contribution in [0.1, 0.15) is 51.0 Å². The molecule has 188 valence electrons. The van der Waals surface area contributed by atoms with Gasteiger partial charge in [-0.15, -0.1) is 0 Å². The maximum Gasteiger partial charge on any atom is 0.116 e. The van der Waals surface area contributed by atoms with Gasteiger partial charge in [-0.05, 0) is 81.3 Å². The fourth-order valence-corrected chi connectivity index (χ4v) is 9.77. The molecule has 3 unspecified atom stereocenters. The van der Waals surface area contributed by atoms with E-state index < -0.39 is 12.2 Å². The number of allylic oxidation sites excluding steroid dienone is 3. The van der Waals surface area contributed by atoms with Crippen LogP contribution in [0.25, 0.3) is 16.5 Å². The third kappa shape index (κ3) is 2.30. The zero-order chi connectivity index (χ0) is 24.7. The molecule has 2 aliphatic heterocycles. The molecule has 2 saturated heterocycles. The highest BCUT2D eigenvalue weighted by atomic mass is 16.5. The Labute approximate surface area is 212 Å². The van der Waals surface area contributed by atoms with Crippen molar-refractivity contribution in [3.05, 3.63) is 54.0 Å². The number of ether oxygens (including phenoxy) is 1. The molecule has 2 aromatic rings. The van der Waals surface area contributed by atoms with E-state index in [0.29, 0.717) is 11.8 Å². The van der Waals surface area contributed by atoms with Gasteiger partial charge in [0.1, 0.15) is 6.33 Å². The molecule has 0 amide bonds. The van der Waals surface area contributed by atoms with E-state index in [1.54, 1.807) is 6.33 Å². The summed E-state index contributed by atoms with van der Waals surface area (Å²) >= 11 is 0. The summed E-state index contributed by atoms with van der Waals surface area (Å²) in [4.78, 5) is 10.8. The van der Waals surface area contributed by atoms with Crippen LogP contribution in [-0.4, -0.2) is 68.6 Å². The Hall–Kier alpha value is -2.12. The van der Waals surface area contributed by atoms with Crippen molar-refractivity contribution in [2.45, 2.75) is 74.9 Å². The highest BCUT2D eigenvalue weighted by molar-refractivity contribution is 5.84. The van der Waals surface area contributed by atoms with Gasteiger partial charge in [0.25, 0.3) is 0 Å². The first kappa shape index (κ1) is 21.9. The molecule has 4 aliphatic carbocycles. The minimum absolute atomic E-state index is 0.00161. The normalized spacial score (nSPS) is 48.1. The maximum atomic E-state index is 11.5. The highest BCUT2D eigenvalue weighted by Gasteiger charge is 2.84. The standard InChI is InChI=1S/C30H35N3O3/c1-27-9-8-20-21-13-29(21)26(35)25(34)23(33(2)3)14-28(29)10-11-30(20,36-28)24(27)7-6-19(27)17-4-5-18-15-31-16-32-22(18)12-17/h4-6,8,12,15-16,21,23-26,34-35H,7,9-11,13-14H2,1-3H3/t21?,23-,24?,25+,26-,27+,28+,29?,30+/m0/s1. The first-order valence-corrected chi connectivity index (χ1v) is 13.6. The van der Waals surface area contributed by atoms with Gasteiger partial charge in [-0.1, -0.05) is 31.2 Å². The van der Waals surface area contributed by atoms with Gasteiger partial charge < -0.3 is 19.8 Å². The average molecular weight is 486 g/mol. The first-order valence-electron chi connectivity index (χ1n) is 13.6. The van der Waals surface area contributed by atoms with E-state index in [9.17, 15) is 10.2 Å². The molecule has 8 rings (SSSR count). The number of hydrogen-bond acceptors (Lipinski definition) is 6. The molecular weight excluding hydrogens is 450 g/mol. The number of rotatable bonds is 2. The molecule has 1 aromatic heterocycles. The fourth-order valence-electron chi connectivity index (χ4n) is 9.77. The van der Waals surface area contributed by atoms with Crippen molar-refractivity contribution < 1.29 is 14.9 Å². The molecule has 6 heteroatoms. The Morgan fingerprint density at radius 1 is 1.11 bits per heavy atom. The molecule has 3 spiro atoms. The van der Waals surface area contributed by atoms with E-state index in [4.69, 9.17) is 4.74 Å². The Bertz CT molecular complexity index is 1370. The molecule has 6 nitrogen and oxygen atoms in total. The van der Waals surface area contributed by atoms with E-state index in [-0.39, 0.29) is 28.1 Å². The van der Waals surface area contributed by atoms with Gasteiger partial charge in [0, 0.05) is 34.4 Å². The molecule has 4 fully saturated rings.